The Morgan fingerprint density at radius 3 is 1.97 bits per heavy atom. The fourth-order valence-electron chi connectivity index (χ4n) is 3.67. The van der Waals surface area contributed by atoms with Crippen LogP contribution in [0.2, 0.25) is 13.1 Å². The zero-order valence-corrected chi connectivity index (χ0v) is 23.2. The molecule has 1 aliphatic carbocycles. The minimum Gasteiger partial charge on any atom is -0.153 e. The first kappa shape index (κ1) is 24.9. The van der Waals surface area contributed by atoms with Gasteiger partial charge < -0.3 is 0 Å². The van der Waals surface area contributed by atoms with E-state index in [2.05, 4.69) is 115 Å². The number of rotatable bonds is 1. The van der Waals surface area contributed by atoms with Crippen molar-refractivity contribution in [1.82, 2.24) is 0 Å². The molecule has 0 radical (unpaired) electrons. The maximum absolute atomic E-state index is 3.36. The molecule has 1 aliphatic rings. The maximum atomic E-state index is 3.36. The molecule has 0 heterocycles. The van der Waals surface area contributed by atoms with Crippen molar-refractivity contribution in [2.75, 3.05) is 0 Å². The van der Waals surface area contributed by atoms with E-state index in [9.17, 15) is 0 Å². The summed E-state index contributed by atoms with van der Waals surface area (Å²) in [5.41, 5.74) is 9.88. The predicted molar refractivity (Wildman–Crippen MR) is 132 cm³/mol. The van der Waals surface area contributed by atoms with Crippen LogP contribution in [0.25, 0.3) is 21.9 Å². The van der Waals surface area contributed by atoms with E-state index in [4.69, 9.17) is 0 Å². The normalized spacial score (nSPS) is 15.3. The van der Waals surface area contributed by atoms with E-state index in [0.717, 1.165) is 0 Å². The van der Waals surface area contributed by atoms with Crippen molar-refractivity contribution in [3.05, 3.63) is 88.5 Å². The van der Waals surface area contributed by atoms with Gasteiger partial charge in [0.1, 0.15) is 0 Å². The van der Waals surface area contributed by atoms with Crippen molar-refractivity contribution in [3.8, 4) is 11.1 Å². The van der Waals surface area contributed by atoms with Gasteiger partial charge in [-0.15, -0.1) is 41.5 Å². The molecule has 30 heavy (non-hydrogen) atoms. The quantitative estimate of drug-likeness (QED) is 0.238. The van der Waals surface area contributed by atoms with Crippen LogP contribution in [0.3, 0.4) is 0 Å². The second-order valence-electron chi connectivity index (χ2n) is 8.39. The van der Waals surface area contributed by atoms with E-state index in [1.54, 1.807) is 23.3 Å². The molecule has 0 saturated carbocycles. The average molecular weight is 490 g/mol. The van der Waals surface area contributed by atoms with Crippen molar-refractivity contribution in [2.45, 2.75) is 54.6 Å². The summed E-state index contributed by atoms with van der Waals surface area (Å²) in [4.78, 5) is 0. The first-order valence-corrected chi connectivity index (χ1v) is 16.8. The summed E-state index contributed by atoms with van der Waals surface area (Å²) >= 11 is 1.74. The summed E-state index contributed by atoms with van der Waals surface area (Å²) in [7, 11) is 0. The van der Waals surface area contributed by atoms with Crippen LogP contribution in [-0.4, -0.2) is 5.43 Å². The molecule has 154 valence electrons. The van der Waals surface area contributed by atoms with Crippen molar-refractivity contribution >= 4 is 16.2 Å². The van der Waals surface area contributed by atoms with Gasteiger partial charge in [0.15, 0.2) is 0 Å². The minimum absolute atomic E-state index is 0.210. The second kappa shape index (κ2) is 11.3. The third kappa shape index (κ3) is 6.32. The molecular formula is C28H34SiZr. The number of allylic oxidation sites excluding steroid dienone is 4. The molecule has 0 N–H and O–H groups in total. The molecule has 1 unspecified atom stereocenters. The van der Waals surface area contributed by atoms with Gasteiger partial charge in [-0.3, -0.25) is 6.08 Å². The van der Waals surface area contributed by atoms with Crippen LogP contribution in [0.1, 0.15) is 38.8 Å². The van der Waals surface area contributed by atoms with Gasteiger partial charge >= 0.3 is 41.9 Å². The second-order valence-corrected chi connectivity index (χ2v) is 17.8. The van der Waals surface area contributed by atoms with Gasteiger partial charge in [-0.2, -0.15) is 16.7 Å². The van der Waals surface area contributed by atoms with Crippen LogP contribution >= 0.6 is 0 Å². The Labute approximate surface area is 198 Å². The molecule has 2 heteroatoms. The Hall–Kier alpha value is -1.37. The fourth-order valence-corrected chi connectivity index (χ4v) is 3.67. The summed E-state index contributed by atoms with van der Waals surface area (Å²) in [5.74, 6) is 0.560. The molecular weight excluding hydrogens is 456 g/mol. The van der Waals surface area contributed by atoms with E-state index in [-0.39, 0.29) is 5.43 Å². The standard InChI is InChI=1S/C17H15.C9H13.C2H6Si.Zr/c1-12-11-15-9-6-10-16(17(15)13(12)2)14-7-4-3-5-8-14;1-6-5-7(2)9(4)8(6)3;1-3-2;/h3-11H,1-2H3;6H,1-4H3;1-2H3;/q2*-1;;+2. The largest absolute Gasteiger partial charge is 0.153 e. The van der Waals surface area contributed by atoms with Crippen molar-refractivity contribution in [1.29, 1.82) is 0 Å². The topological polar surface area (TPSA) is 0 Å². The summed E-state index contributed by atoms with van der Waals surface area (Å²) in [6.07, 6.45) is 3.36. The maximum Gasteiger partial charge on any atom is -0.0279 e. The van der Waals surface area contributed by atoms with Crippen LogP contribution in [-0.2, 0) is 23.3 Å². The molecule has 0 nitrogen and oxygen atoms in total. The van der Waals surface area contributed by atoms with Gasteiger partial charge in [-0.1, -0.05) is 82.5 Å². The average Bonchev–Trinajstić information content (AvgIpc) is 3.12. The molecule has 0 spiro atoms. The number of fused-ring (bicyclic) bond motifs is 1. The van der Waals surface area contributed by atoms with E-state index in [0.29, 0.717) is 5.92 Å². The zero-order valence-electron chi connectivity index (χ0n) is 19.8. The molecule has 0 fully saturated rings. The molecule has 4 rings (SSSR count). The summed E-state index contributed by atoms with van der Waals surface area (Å²) in [6, 6.07) is 19.4. The molecule has 1 atom stereocenters. The monoisotopic (exact) mass is 488 g/mol. The van der Waals surface area contributed by atoms with Crippen LogP contribution in [0.4, 0.5) is 0 Å². The van der Waals surface area contributed by atoms with E-state index in [1.807, 2.05) is 0 Å². The fraction of sp³-hybridized carbons (Fsp3) is 0.321. The third-order valence-corrected chi connectivity index (χ3v) is 5.76. The van der Waals surface area contributed by atoms with E-state index in [1.165, 1.54) is 49.7 Å². The van der Waals surface area contributed by atoms with Gasteiger partial charge in [0, 0.05) is 0 Å². The van der Waals surface area contributed by atoms with Crippen LogP contribution in [0, 0.1) is 25.8 Å². The van der Waals surface area contributed by atoms with Crippen molar-refractivity contribution in [3.63, 3.8) is 0 Å². The van der Waals surface area contributed by atoms with E-state index < -0.39 is 0 Å². The summed E-state index contributed by atoms with van der Waals surface area (Å²) in [6.45, 7) is 17.7. The smallest absolute Gasteiger partial charge is 0.0279 e. The van der Waals surface area contributed by atoms with Gasteiger partial charge in [-0.05, 0) is 5.56 Å². The molecule has 0 saturated heterocycles. The SMILES string of the molecule is CC1=[C-]C(C)C(C)=C1C.C[Si](C)=[Zr+2].Cc1[cH-]c2cccc(-c3ccccc3)c2c1C. The first-order chi connectivity index (χ1) is 14.1. The van der Waals surface area contributed by atoms with Crippen LogP contribution < -0.4 is 0 Å². The molecule has 0 bridgehead atoms. The Bertz CT molecular complexity index is 1080. The van der Waals surface area contributed by atoms with Gasteiger partial charge in [0.2, 0.25) is 0 Å². The van der Waals surface area contributed by atoms with Gasteiger partial charge in [-0.25, -0.2) is 5.57 Å². The number of hydrogen-bond donors (Lipinski definition) is 0. The number of benzene rings is 2. The number of aryl methyl sites for hydroxylation is 2. The van der Waals surface area contributed by atoms with Crippen molar-refractivity contribution in [2.24, 2.45) is 5.92 Å². The van der Waals surface area contributed by atoms with Crippen LogP contribution in [0.5, 0.6) is 0 Å². The Balaban J connectivity index is 0.000000207. The molecule has 3 aromatic carbocycles. The van der Waals surface area contributed by atoms with Crippen LogP contribution in [0.15, 0.2) is 71.3 Å². The minimum atomic E-state index is 0.210. The third-order valence-electron chi connectivity index (χ3n) is 5.76. The van der Waals surface area contributed by atoms with Gasteiger partial charge in [0.25, 0.3) is 0 Å². The number of hydrogen-bond acceptors (Lipinski definition) is 0. The van der Waals surface area contributed by atoms with E-state index >= 15 is 0 Å². The first-order valence-electron chi connectivity index (χ1n) is 10.6. The molecule has 0 aromatic heterocycles. The Morgan fingerprint density at radius 2 is 1.50 bits per heavy atom. The summed E-state index contributed by atoms with van der Waals surface area (Å²) in [5, 5.41) is 2.75. The Kier molecular flexibility index (Phi) is 9.38. The molecule has 3 aromatic rings. The summed E-state index contributed by atoms with van der Waals surface area (Å²) < 4.78 is 0. The molecule has 0 amide bonds. The Morgan fingerprint density at radius 1 is 0.900 bits per heavy atom. The predicted octanol–water partition coefficient (Wildman–Crippen LogP) is 8.35. The van der Waals surface area contributed by atoms with Crippen molar-refractivity contribution < 1.29 is 23.3 Å². The zero-order chi connectivity index (χ0) is 22.4. The van der Waals surface area contributed by atoms with Gasteiger partial charge in [0.05, 0.1) is 0 Å². The molecule has 0 aliphatic heterocycles.